The Morgan fingerprint density at radius 2 is 0.306 bits per heavy atom. The van der Waals surface area contributed by atoms with E-state index in [1.807, 2.05) is 0 Å². The van der Waals surface area contributed by atoms with Gasteiger partial charge in [0.2, 0.25) is 0 Å². The van der Waals surface area contributed by atoms with Gasteiger partial charge in [0, 0.05) is 11.9 Å². The van der Waals surface area contributed by atoms with Gasteiger partial charge in [0.05, 0.1) is 0 Å². The van der Waals surface area contributed by atoms with Crippen molar-refractivity contribution in [2.24, 2.45) is 0 Å². The Morgan fingerprint density at radius 1 is 0.210 bits per heavy atom. The second-order valence-electron chi connectivity index (χ2n) is 19.2. The summed E-state index contributed by atoms with van der Waals surface area (Å²) in [5.41, 5.74) is 0. The summed E-state index contributed by atoms with van der Waals surface area (Å²) in [5, 5.41) is 20.6. The zero-order chi connectivity index (χ0) is 43.9. The molecule has 0 aliphatic heterocycles. The van der Waals surface area contributed by atoms with Crippen molar-refractivity contribution >= 4 is 11.9 Å². The van der Waals surface area contributed by atoms with Crippen molar-refractivity contribution in [1.29, 1.82) is 0 Å². The van der Waals surface area contributed by atoms with E-state index in [4.69, 9.17) is 0 Å². The van der Waals surface area contributed by atoms with Crippen molar-refractivity contribution in [3.05, 3.63) is 0 Å². The molecule has 360 valence electrons. The molecule has 0 saturated heterocycles. The van der Waals surface area contributed by atoms with Crippen LogP contribution in [0.25, 0.3) is 0 Å². The van der Waals surface area contributed by atoms with Gasteiger partial charge in [0.15, 0.2) is 0 Å². The zero-order valence-corrected chi connectivity index (χ0v) is 47.4. The van der Waals surface area contributed by atoms with Gasteiger partial charge in [-0.1, -0.05) is 322 Å². The van der Waals surface area contributed by atoms with E-state index in [1.54, 1.807) is 0 Å². The van der Waals surface area contributed by atoms with Gasteiger partial charge in [0.1, 0.15) is 0 Å². The third-order valence-corrected chi connectivity index (χ3v) is 13.0. The van der Waals surface area contributed by atoms with Crippen molar-refractivity contribution in [3.8, 4) is 0 Å². The molecular weight excluding hydrogens is 783 g/mol. The van der Waals surface area contributed by atoms with E-state index in [9.17, 15) is 19.8 Å². The number of hydrogen-bond acceptors (Lipinski definition) is 4. The molecule has 0 aliphatic rings. The van der Waals surface area contributed by atoms with Crippen LogP contribution in [0.3, 0.4) is 0 Å². The predicted molar refractivity (Wildman–Crippen MR) is 261 cm³/mol. The fraction of sp³-hybridized carbons (Fsp3) is 0.964. The molecule has 4 nitrogen and oxygen atoms in total. The van der Waals surface area contributed by atoms with Crippen LogP contribution in [-0.4, -0.2) is 11.9 Å². The van der Waals surface area contributed by atoms with Gasteiger partial charge < -0.3 is 19.8 Å². The Hall–Kier alpha value is 0.940. The topological polar surface area (TPSA) is 80.3 Å². The molecular formula is C56H110Na2O4. The zero-order valence-electron chi connectivity index (χ0n) is 43.4. The van der Waals surface area contributed by atoms with Crippen LogP contribution in [0.15, 0.2) is 0 Å². The molecule has 62 heavy (non-hydrogen) atoms. The van der Waals surface area contributed by atoms with Gasteiger partial charge in [-0.3, -0.25) is 0 Å². The molecule has 0 unspecified atom stereocenters. The first kappa shape index (κ1) is 69.5. The molecule has 0 spiro atoms. The average Bonchev–Trinajstić information content (AvgIpc) is 3.23. The van der Waals surface area contributed by atoms with Crippen LogP contribution in [0.1, 0.15) is 348 Å². The minimum Gasteiger partial charge on any atom is -0.550 e. The number of carboxylic acid groups (broad SMARTS) is 2. The fourth-order valence-electron chi connectivity index (χ4n) is 8.82. The number of carbonyl (C=O) groups is 2. The second kappa shape index (κ2) is 66.2. The maximum absolute atomic E-state index is 10.3. The van der Waals surface area contributed by atoms with Gasteiger partial charge in [0.25, 0.3) is 0 Å². The van der Waals surface area contributed by atoms with Gasteiger partial charge in [-0.25, -0.2) is 0 Å². The average molecular weight is 893 g/mol. The molecule has 0 radical (unpaired) electrons. The Bertz CT molecular complexity index is 730. The molecule has 0 aromatic carbocycles. The summed E-state index contributed by atoms with van der Waals surface area (Å²) in [4.78, 5) is 20.6. The first-order valence-corrected chi connectivity index (χ1v) is 27.9. The first-order valence-electron chi connectivity index (χ1n) is 27.9. The SMILES string of the molecule is CCCCCCCCCCCCCCCCCCCCCCCCCCCC(=O)[O-].CCCCCCCCCCCCCCCCCCCCCCCCCCCC(=O)[O-].[Na+].[Na+]. The largest absolute Gasteiger partial charge is 1.00 e. The van der Waals surface area contributed by atoms with E-state index < -0.39 is 11.9 Å². The third kappa shape index (κ3) is 72.5. The third-order valence-electron chi connectivity index (χ3n) is 13.0. The normalized spacial score (nSPS) is 10.9. The van der Waals surface area contributed by atoms with Crippen molar-refractivity contribution in [3.63, 3.8) is 0 Å². The summed E-state index contributed by atoms with van der Waals surface area (Å²) in [6.07, 6.45) is 69.3. The number of rotatable bonds is 52. The molecule has 6 heteroatoms. The van der Waals surface area contributed by atoms with Gasteiger partial charge in [-0.15, -0.1) is 0 Å². The molecule has 0 rings (SSSR count). The number of hydrogen-bond donors (Lipinski definition) is 0. The standard InChI is InChI=1S/2C28H56O2.2Na/c2*1-2-3-4-5-6-7-8-9-10-11-12-13-14-15-16-17-18-19-20-21-22-23-24-25-26-27-28(29)30;;/h2*2-27H2,1H3,(H,29,30);;/q;;2*+1/p-2. The quantitative estimate of drug-likeness (QED) is 0.0450. The number of unbranched alkanes of at least 4 members (excludes halogenated alkanes) is 48. The fourth-order valence-corrected chi connectivity index (χ4v) is 8.82. The van der Waals surface area contributed by atoms with Crippen molar-refractivity contribution < 1.29 is 78.9 Å². The van der Waals surface area contributed by atoms with Crippen LogP contribution in [0.4, 0.5) is 0 Å². The predicted octanol–water partition coefficient (Wildman–Crippen LogP) is 11.8. The molecule has 0 heterocycles. The van der Waals surface area contributed by atoms with Crippen LogP contribution in [0, 0.1) is 0 Å². The van der Waals surface area contributed by atoms with E-state index in [-0.39, 0.29) is 72.0 Å². The van der Waals surface area contributed by atoms with Crippen LogP contribution in [0.2, 0.25) is 0 Å². The molecule has 0 saturated carbocycles. The molecule has 0 bridgehead atoms. The van der Waals surface area contributed by atoms with E-state index >= 15 is 0 Å². The Balaban J connectivity index is -0.000000526. The van der Waals surface area contributed by atoms with Crippen molar-refractivity contribution in [1.82, 2.24) is 0 Å². The van der Waals surface area contributed by atoms with Crippen molar-refractivity contribution in [2.75, 3.05) is 0 Å². The minimum atomic E-state index is -0.899. The smallest absolute Gasteiger partial charge is 0.550 e. The summed E-state index contributed by atoms with van der Waals surface area (Å²) in [7, 11) is 0. The number of carboxylic acids is 2. The van der Waals surface area contributed by atoms with Crippen LogP contribution >= 0.6 is 0 Å². The summed E-state index contributed by atoms with van der Waals surface area (Å²) < 4.78 is 0. The van der Waals surface area contributed by atoms with E-state index in [0.29, 0.717) is 0 Å². The van der Waals surface area contributed by atoms with Crippen LogP contribution in [0.5, 0.6) is 0 Å². The van der Waals surface area contributed by atoms with Gasteiger partial charge in [-0.05, 0) is 25.7 Å². The summed E-state index contributed by atoms with van der Waals surface area (Å²) in [5.74, 6) is -1.80. The monoisotopic (exact) mass is 893 g/mol. The van der Waals surface area contributed by atoms with Gasteiger partial charge >= 0.3 is 59.1 Å². The Labute approximate surface area is 435 Å². The first-order chi connectivity index (χ1) is 29.5. The maximum Gasteiger partial charge on any atom is 1.00 e. The second-order valence-corrected chi connectivity index (χ2v) is 19.2. The summed E-state index contributed by atoms with van der Waals surface area (Å²) >= 11 is 0. The Kier molecular flexibility index (Phi) is 74.2. The number of aliphatic carboxylic acids is 2. The van der Waals surface area contributed by atoms with Gasteiger partial charge in [-0.2, -0.15) is 0 Å². The molecule has 0 aliphatic carbocycles. The summed E-state index contributed by atoms with van der Waals surface area (Å²) in [6, 6.07) is 0. The van der Waals surface area contributed by atoms with E-state index in [2.05, 4.69) is 13.8 Å². The van der Waals surface area contributed by atoms with Crippen LogP contribution < -0.4 is 69.3 Å². The molecule has 0 atom stereocenters. The Morgan fingerprint density at radius 3 is 0.403 bits per heavy atom. The molecule has 0 aromatic rings. The number of carbonyl (C=O) groups excluding carboxylic acids is 2. The minimum absolute atomic E-state index is 0. The summed E-state index contributed by atoms with van der Waals surface area (Å²) in [6.45, 7) is 4.59. The maximum atomic E-state index is 10.3. The molecule has 0 aromatic heterocycles. The molecule has 0 amide bonds. The van der Waals surface area contributed by atoms with E-state index in [1.165, 1.54) is 295 Å². The molecule has 0 fully saturated rings. The van der Waals surface area contributed by atoms with E-state index in [0.717, 1.165) is 25.7 Å². The molecule has 0 N–H and O–H groups in total. The van der Waals surface area contributed by atoms with Crippen LogP contribution in [-0.2, 0) is 9.59 Å². The van der Waals surface area contributed by atoms with Crippen molar-refractivity contribution in [2.45, 2.75) is 348 Å².